The van der Waals surface area contributed by atoms with Crippen LogP contribution in [0.3, 0.4) is 0 Å². The van der Waals surface area contributed by atoms with Gasteiger partial charge in [0.25, 0.3) is 0 Å². The van der Waals surface area contributed by atoms with Gasteiger partial charge in [-0.2, -0.15) is 0 Å². The molecule has 2 rings (SSSR count). The van der Waals surface area contributed by atoms with Crippen molar-refractivity contribution in [2.45, 2.75) is 0 Å². The fourth-order valence-electron chi connectivity index (χ4n) is 1.77. The van der Waals surface area contributed by atoms with Crippen molar-refractivity contribution in [1.82, 2.24) is 0 Å². The van der Waals surface area contributed by atoms with Gasteiger partial charge < -0.3 is 9.47 Å². The first-order chi connectivity index (χ1) is 11.8. The van der Waals surface area contributed by atoms with E-state index in [0.29, 0.717) is 35.8 Å². The van der Waals surface area contributed by atoms with Crippen molar-refractivity contribution in [3.8, 4) is 0 Å². The minimum atomic E-state index is -0.307. The van der Waals surface area contributed by atoms with E-state index in [0.717, 1.165) is 0 Å². The highest BCUT2D eigenvalue weighted by molar-refractivity contribution is 8.76. The molecule has 0 spiro atoms. The molecule has 0 amide bonds. The maximum atomic E-state index is 11.7. The monoisotopic (exact) mass is 362 g/mol. The Balaban J connectivity index is 1.48. The molecular weight excluding hydrogens is 344 g/mol. The Kier molecular flexibility index (Phi) is 8.27. The van der Waals surface area contributed by atoms with Crippen LogP contribution in [0.1, 0.15) is 20.7 Å². The fourth-order valence-corrected chi connectivity index (χ4v) is 3.42. The molecule has 0 fully saturated rings. The lowest BCUT2D eigenvalue weighted by molar-refractivity contribution is 0.0520. The van der Waals surface area contributed by atoms with Gasteiger partial charge in [-0.25, -0.2) is 9.59 Å². The summed E-state index contributed by atoms with van der Waals surface area (Å²) in [6, 6.07) is 17.8. The molecule has 0 saturated carbocycles. The molecule has 4 nitrogen and oxygen atoms in total. The summed E-state index contributed by atoms with van der Waals surface area (Å²) in [5, 5.41) is 0. The Morgan fingerprint density at radius 3 is 1.42 bits per heavy atom. The standard InChI is InChI=1S/C18H18O4S2/c19-17(15-7-3-1-4-8-15)21-11-13-23-24-14-12-22-18(20)16-9-5-2-6-10-16/h1-10H,11-14H2. The van der Waals surface area contributed by atoms with Gasteiger partial charge in [-0.3, -0.25) is 0 Å². The molecule has 0 unspecified atom stereocenters. The first-order valence-corrected chi connectivity index (χ1v) is 9.95. The number of hydrogen-bond donors (Lipinski definition) is 0. The van der Waals surface area contributed by atoms with E-state index in [1.165, 1.54) is 0 Å². The third-order valence-corrected chi connectivity index (χ3v) is 5.24. The number of ether oxygens (including phenoxy) is 2. The Bertz CT molecular complexity index is 574. The molecule has 0 N–H and O–H groups in total. The molecule has 6 heteroatoms. The second-order valence-electron chi connectivity index (χ2n) is 4.65. The van der Waals surface area contributed by atoms with Crippen molar-refractivity contribution < 1.29 is 19.1 Å². The largest absolute Gasteiger partial charge is 0.461 e. The van der Waals surface area contributed by atoms with Gasteiger partial charge in [-0.05, 0) is 24.3 Å². The Morgan fingerprint density at radius 1 is 0.667 bits per heavy atom. The van der Waals surface area contributed by atoms with E-state index in [2.05, 4.69) is 0 Å². The summed E-state index contributed by atoms with van der Waals surface area (Å²) in [6.07, 6.45) is 0. The lowest BCUT2D eigenvalue weighted by atomic mass is 10.2. The second-order valence-corrected chi connectivity index (χ2v) is 7.35. The number of benzene rings is 2. The highest BCUT2D eigenvalue weighted by Gasteiger charge is 2.06. The van der Waals surface area contributed by atoms with E-state index < -0.39 is 0 Å². The van der Waals surface area contributed by atoms with Crippen LogP contribution in [0.4, 0.5) is 0 Å². The van der Waals surface area contributed by atoms with Gasteiger partial charge in [0.2, 0.25) is 0 Å². The minimum absolute atomic E-state index is 0.307. The third kappa shape index (κ3) is 6.68. The molecule has 0 aliphatic rings. The number of carbonyl (C=O) groups is 2. The van der Waals surface area contributed by atoms with Crippen LogP contribution in [-0.4, -0.2) is 36.7 Å². The van der Waals surface area contributed by atoms with Gasteiger partial charge in [0.1, 0.15) is 13.2 Å². The van der Waals surface area contributed by atoms with Crippen LogP contribution in [-0.2, 0) is 9.47 Å². The van der Waals surface area contributed by atoms with Crippen molar-refractivity contribution in [2.24, 2.45) is 0 Å². The van der Waals surface area contributed by atoms with E-state index in [1.54, 1.807) is 70.1 Å². The Morgan fingerprint density at radius 2 is 1.04 bits per heavy atom. The van der Waals surface area contributed by atoms with Crippen molar-refractivity contribution in [3.05, 3.63) is 71.8 Å². The summed E-state index contributed by atoms with van der Waals surface area (Å²) in [7, 11) is 3.17. The summed E-state index contributed by atoms with van der Waals surface area (Å²) in [5.41, 5.74) is 1.12. The lowest BCUT2D eigenvalue weighted by Gasteiger charge is -2.05. The molecular formula is C18H18O4S2. The molecule has 0 aliphatic heterocycles. The molecule has 126 valence electrons. The predicted octanol–water partition coefficient (Wildman–Crippen LogP) is 4.08. The molecule has 2 aromatic carbocycles. The van der Waals surface area contributed by atoms with Crippen LogP contribution in [0.15, 0.2) is 60.7 Å². The molecule has 0 bridgehead atoms. The molecule has 0 radical (unpaired) electrons. The minimum Gasteiger partial charge on any atom is -0.461 e. The summed E-state index contributed by atoms with van der Waals surface area (Å²) in [5.74, 6) is 0.766. The number of esters is 2. The third-order valence-electron chi connectivity index (χ3n) is 2.90. The highest BCUT2D eigenvalue weighted by atomic mass is 33.1. The van der Waals surface area contributed by atoms with Gasteiger partial charge in [-0.15, -0.1) is 0 Å². The highest BCUT2D eigenvalue weighted by Crippen LogP contribution is 2.20. The number of rotatable bonds is 9. The van der Waals surface area contributed by atoms with Crippen LogP contribution in [0.5, 0.6) is 0 Å². The van der Waals surface area contributed by atoms with Gasteiger partial charge in [-0.1, -0.05) is 58.0 Å². The van der Waals surface area contributed by atoms with Crippen LogP contribution in [0.25, 0.3) is 0 Å². The molecule has 0 atom stereocenters. The first kappa shape index (κ1) is 18.4. The van der Waals surface area contributed by atoms with E-state index in [-0.39, 0.29) is 11.9 Å². The van der Waals surface area contributed by atoms with E-state index in [9.17, 15) is 9.59 Å². The van der Waals surface area contributed by atoms with Crippen LogP contribution >= 0.6 is 21.6 Å². The second kappa shape index (κ2) is 10.8. The first-order valence-electron chi connectivity index (χ1n) is 7.46. The summed E-state index contributed by atoms with van der Waals surface area (Å²) >= 11 is 0. The van der Waals surface area contributed by atoms with Crippen molar-refractivity contribution >= 4 is 33.5 Å². The average Bonchev–Trinajstić information content (AvgIpc) is 2.65. The molecule has 0 saturated heterocycles. The average molecular weight is 362 g/mol. The van der Waals surface area contributed by atoms with Gasteiger partial charge >= 0.3 is 11.9 Å². The van der Waals surface area contributed by atoms with Crippen molar-refractivity contribution in [3.63, 3.8) is 0 Å². The number of hydrogen-bond acceptors (Lipinski definition) is 6. The molecule has 24 heavy (non-hydrogen) atoms. The molecule has 2 aromatic rings. The molecule has 0 aromatic heterocycles. The summed E-state index contributed by atoms with van der Waals surface area (Å²) < 4.78 is 10.3. The Labute approximate surface area is 149 Å². The zero-order valence-corrected chi connectivity index (χ0v) is 14.7. The van der Waals surface area contributed by atoms with Gasteiger partial charge in [0.15, 0.2) is 0 Å². The molecule has 0 heterocycles. The van der Waals surface area contributed by atoms with Crippen LogP contribution < -0.4 is 0 Å². The smallest absolute Gasteiger partial charge is 0.338 e. The van der Waals surface area contributed by atoms with E-state index >= 15 is 0 Å². The van der Waals surface area contributed by atoms with E-state index in [4.69, 9.17) is 9.47 Å². The Hall–Kier alpha value is -1.92. The maximum absolute atomic E-state index is 11.7. The van der Waals surface area contributed by atoms with Crippen LogP contribution in [0.2, 0.25) is 0 Å². The summed E-state index contributed by atoms with van der Waals surface area (Å²) in [4.78, 5) is 23.4. The normalized spacial score (nSPS) is 10.2. The van der Waals surface area contributed by atoms with Crippen LogP contribution in [0, 0.1) is 0 Å². The lowest BCUT2D eigenvalue weighted by Crippen LogP contribution is -2.08. The van der Waals surface area contributed by atoms with E-state index in [1.807, 2.05) is 12.1 Å². The predicted molar refractivity (Wildman–Crippen MR) is 98.4 cm³/mol. The summed E-state index contributed by atoms with van der Waals surface area (Å²) in [6.45, 7) is 0.713. The van der Waals surface area contributed by atoms with Gasteiger partial charge in [0, 0.05) is 11.5 Å². The van der Waals surface area contributed by atoms with Gasteiger partial charge in [0.05, 0.1) is 11.1 Å². The number of carbonyl (C=O) groups excluding carboxylic acids is 2. The zero-order chi connectivity index (χ0) is 17.0. The van der Waals surface area contributed by atoms with Crippen molar-refractivity contribution in [2.75, 3.05) is 24.7 Å². The zero-order valence-electron chi connectivity index (χ0n) is 13.1. The quantitative estimate of drug-likeness (QED) is 0.381. The topological polar surface area (TPSA) is 52.6 Å². The van der Waals surface area contributed by atoms with Crippen molar-refractivity contribution in [1.29, 1.82) is 0 Å². The maximum Gasteiger partial charge on any atom is 0.338 e. The molecule has 0 aliphatic carbocycles. The fraction of sp³-hybridized carbons (Fsp3) is 0.222. The SMILES string of the molecule is O=C(OCCSSCCOC(=O)c1ccccc1)c1ccccc1.